The van der Waals surface area contributed by atoms with Crippen molar-refractivity contribution in [2.24, 2.45) is 23.0 Å². The van der Waals surface area contributed by atoms with Gasteiger partial charge in [-0.3, -0.25) is 4.79 Å². The van der Waals surface area contributed by atoms with Gasteiger partial charge in [-0.1, -0.05) is 0 Å². The summed E-state index contributed by atoms with van der Waals surface area (Å²) < 4.78 is 4.74. The predicted octanol–water partition coefficient (Wildman–Crippen LogP) is 1.31. The highest BCUT2D eigenvalue weighted by atomic mass is 16.5. The summed E-state index contributed by atoms with van der Waals surface area (Å²) in [5.41, 5.74) is 5.88. The minimum Gasteiger partial charge on any atom is -0.469 e. The summed E-state index contributed by atoms with van der Waals surface area (Å²) in [5, 5.41) is 0. The maximum Gasteiger partial charge on any atom is 0.306 e. The van der Waals surface area contributed by atoms with Crippen LogP contribution in [0.25, 0.3) is 0 Å². The fourth-order valence-electron chi connectivity index (χ4n) is 3.13. The number of carbonyl (C=O) groups is 1. The Bertz CT molecular complexity index is 227. The quantitative estimate of drug-likeness (QED) is 0.694. The van der Waals surface area contributed by atoms with E-state index in [4.69, 9.17) is 10.5 Å². The molecular weight excluding hydrogens is 178 g/mol. The van der Waals surface area contributed by atoms with E-state index in [0.717, 1.165) is 24.7 Å². The van der Waals surface area contributed by atoms with Crippen molar-refractivity contribution in [2.75, 3.05) is 13.7 Å². The first kappa shape index (κ1) is 9.97. The van der Waals surface area contributed by atoms with Crippen molar-refractivity contribution in [3.8, 4) is 0 Å². The first-order chi connectivity index (χ1) is 6.69. The molecule has 3 nitrogen and oxygen atoms in total. The molecule has 2 aliphatic carbocycles. The average molecular weight is 197 g/mol. The van der Waals surface area contributed by atoms with Crippen LogP contribution in [0.4, 0.5) is 0 Å². The van der Waals surface area contributed by atoms with E-state index in [1.54, 1.807) is 0 Å². The second-order valence-electron chi connectivity index (χ2n) is 4.96. The number of methoxy groups -OCH3 is 1. The Labute approximate surface area is 85.0 Å². The average Bonchev–Trinajstić information content (AvgIpc) is 2.42. The number of carbonyl (C=O) groups excluding carboxylic acids is 1. The van der Waals surface area contributed by atoms with Crippen LogP contribution in [0.5, 0.6) is 0 Å². The van der Waals surface area contributed by atoms with Crippen LogP contribution in [-0.2, 0) is 9.53 Å². The highest BCUT2D eigenvalue weighted by Crippen LogP contribution is 2.56. The summed E-state index contributed by atoms with van der Waals surface area (Å²) in [5.74, 6) is 1.60. The monoisotopic (exact) mass is 197 g/mol. The van der Waals surface area contributed by atoms with Gasteiger partial charge in [-0.25, -0.2) is 0 Å². The van der Waals surface area contributed by atoms with Gasteiger partial charge in [0.2, 0.25) is 0 Å². The molecule has 3 heteroatoms. The molecule has 2 fully saturated rings. The van der Waals surface area contributed by atoms with E-state index in [0.29, 0.717) is 13.0 Å². The lowest BCUT2D eigenvalue weighted by atomic mass is 9.77. The predicted molar refractivity (Wildman–Crippen MR) is 53.6 cm³/mol. The first-order valence-electron chi connectivity index (χ1n) is 5.46. The SMILES string of the molecule is COC(=O)C[C@]1(CN)C[C@H]2CC[C@H]2C1. The van der Waals surface area contributed by atoms with Gasteiger partial charge in [0, 0.05) is 0 Å². The van der Waals surface area contributed by atoms with Gasteiger partial charge in [0.1, 0.15) is 0 Å². The molecule has 2 aliphatic rings. The topological polar surface area (TPSA) is 52.3 Å². The van der Waals surface area contributed by atoms with Gasteiger partial charge in [-0.05, 0) is 49.5 Å². The number of hydrogen-bond acceptors (Lipinski definition) is 3. The number of fused-ring (bicyclic) bond motifs is 1. The summed E-state index contributed by atoms with van der Waals surface area (Å²) in [6.07, 6.45) is 5.49. The standard InChI is InChI=1S/C11H19NO2/c1-14-10(13)6-11(7-12)4-8-2-3-9(8)5-11/h8-9H,2-7,12H2,1H3/t8-,9+,11+. The van der Waals surface area contributed by atoms with Crippen LogP contribution < -0.4 is 5.73 Å². The van der Waals surface area contributed by atoms with Gasteiger partial charge in [-0.15, -0.1) is 0 Å². The Kier molecular flexibility index (Phi) is 2.52. The summed E-state index contributed by atoms with van der Waals surface area (Å²) in [6, 6.07) is 0. The Balaban J connectivity index is 2.00. The lowest BCUT2D eigenvalue weighted by Gasteiger charge is -2.29. The summed E-state index contributed by atoms with van der Waals surface area (Å²) >= 11 is 0. The zero-order valence-electron chi connectivity index (χ0n) is 8.79. The van der Waals surface area contributed by atoms with E-state index in [1.807, 2.05) is 0 Å². The molecule has 0 aliphatic heterocycles. The minimum absolute atomic E-state index is 0.0684. The first-order valence-corrected chi connectivity index (χ1v) is 5.46. The van der Waals surface area contributed by atoms with Crippen molar-refractivity contribution < 1.29 is 9.53 Å². The van der Waals surface area contributed by atoms with Crippen LogP contribution in [0.3, 0.4) is 0 Å². The number of rotatable bonds is 3. The molecular formula is C11H19NO2. The Morgan fingerprint density at radius 1 is 1.43 bits per heavy atom. The largest absolute Gasteiger partial charge is 0.469 e. The molecule has 14 heavy (non-hydrogen) atoms. The van der Waals surface area contributed by atoms with E-state index in [9.17, 15) is 4.79 Å². The van der Waals surface area contributed by atoms with Crippen LogP contribution in [0, 0.1) is 17.3 Å². The van der Waals surface area contributed by atoms with Crippen molar-refractivity contribution in [2.45, 2.75) is 32.1 Å². The van der Waals surface area contributed by atoms with Crippen molar-refractivity contribution in [1.29, 1.82) is 0 Å². The van der Waals surface area contributed by atoms with E-state index in [1.165, 1.54) is 20.0 Å². The second kappa shape index (κ2) is 3.54. The third-order valence-corrected chi connectivity index (χ3v) is 4.15. The normalized spacial score (nSPS) is 40.1. The zero-order valence-corrected chi connectivity index (χ0v) is 8.79. The fraction of sp³-hybridized carbons (Fsp3) is 0.909. The Morgan fingerprint density at radius 2 is 2.00 bits per heavy atom. The molecule has 2 saturated carbocycles. The molecule has 2 rings (SSSR count). The fourth-order valence-corrected chi connectivity index (χ4v) is 3.13. The molecule has 0 saturated heterocycles. The molecule has 0 aromatic heterocycles. The smallest absolute Gasteiger partial charge is 0.306 e. The van der Waals surface area contributed by atoms with Crippen LogP contribution in [0.15, 0.2) is 0 Å². The van der Waals surface area contributed by atoms with Crippen molar-refractivity contribution in [1.82, 2.24) is 0 Å². The number of nitrogens with two attached hydrogens (primary N) is 1. The highest BCUT2D eigenvalue weighted by molar-refractivity contribution is 5.70. The summed E-state index contributed by atoms with van der Waals surface area (Å²) in [6.45, 7) is 0.634. The van der Waals surface area contributed by atoms with Gasteiger partial charge in [-0.2, -0.15) is 0 Å². The van der Waals surface area contributed by atoms with Crippen molar-refractivity contribution in [3.63, 3.8) is 0 Å². The van der Waals surface area contributed by atoms with E-state index >= 15 is 0 Å². The van der Waals surface area contributed by atoms with E-state index < -0.39 is 0 Å². The lowest BCUT2D eigenvalue weighted by Crippen LogP contribution is -2.31. The highest BCUT2D eigenvalue weighted by Gasteiger charge is 2.49. The van der Waals surface area contributed by atoms with Crippen molar-refractivity contribution >= 4 is 5.97 Å². The molecule has 0 unspecified atom stereocenters. The third-order valence-electron chi connectivity index (χ3n) is 4.15. The molecule has 0 spiro atoms. The summed E-state index contributed by atoms with van der Waals surface area (Å²) in [4.78, 5) is 11.3. The molecule has 0 aromatic carbocycles. The van der Waals surface area contributed by atoms with Crippen LogP contribution in [0.1, 0.15) is 32.1 Å². The van der Waals surface area contributed by atoms with Gasteiger partial charge in [0.25, 0.3) is 0 Å². The third kappa shape index (κ3) is 1.54. The van der Waals surface area contributed by atoms with E-state index in [2.05, 4.69) is 0 Å². The molecule has 0 radical (unpaired) electrons. The van der Waals surface area contributed by atoms with E-state index in [-0.39, 0.29) is 11.4 Å². The number of ether oxygens (including phenoxy) is 1. The summed E-state index contributed by atoms with van der Waals surface area (Å²) in [7, 11) is 1.45. The van der Waals surface area contributed by atoms with Gasteiger partial charge in [0.15, 0.2) is 0 Å². The molecule has 2 N–H and O–H groups in total. The molecule has 0 amide bonds. The maximum atomic E-state index is 11.3. The lowest BCUT2D eigenvalue weighted by molar-refractivity contribution is -0.143. The van der Waals surface area contributed by atoms with Crippen LogP contribution in [0.2, 0.25) is 0 Å². The van der Waals surface area contributed by atoms with Gasteiger partial charge in [0.05, 0.1) is 13.5 Å². The molecule has 80 valence electrons. The van der Waals surface area contributed by atoms with Gasteiger partial charge < -0.3 is 10.5 Å². The van der Waals surface area contributed by atoms with Gasteiger partial charge >= 0.3 is 5.97 Å². The van der Waals surface area contributed by atoms with Crippen molar-refractivity contribution in [3.05, 3.63) is 0 Å². The molecule has 0 aromatic rings. The van der Waals surface area contributed by atoms with Crippen LogP contribution >= 0.6 is 0 Å². The number of hydrogen-bond donors (Lipinski definition) is 1. The Morgan fingerprint density at radius 3 is 2.36 bits per heavy atom. The number of esters is 1. The minimum atomic E-state index is -0.100. The Hall–Kier alpha value is -0.570. The zero-order chi connectivity index (χ0) is 10.2. The maximum absolute atomic E-state index is 11.3. The van der Waals surface area contributed by atoms with Crippen LogP contribution in [-0.4, -0.2) is 19.6 Å². The second-order valence-corrected chi connectivity index (χ2v) is 4.96. The molecule has 0 bridgehead atoms. The molecule has 0 heterocycles. The molecule has 3 atom stereocenters.